The van der Waals surface area contributed by atoms with Crippen LogP contribution in [0.3, 0.4) is 0 Å². The summed E-state index contributed by atoms with van der Waals surface area (Å²) in [6.45, 7) is -2.77. The van der Waals surface area contributed by atoms with Gasteiger partial charge in [-0.1, -0.05) is 0 Å². The third kappa shape index (κ3) is 1.68. The number of alkyl halides is 2. The van der Waals surface area contributed by atoms with Crippen LogP contribution in [0.2, 0.25) is 0 Å². The molecule has 0 amide bonds. The first-order valence-corrected chi connectivity index (χ1v) is 2.62. The lowest BCUT2D eigenvalue weighted by Crippen LogP contribution is -2.00. The van der Waals surface area contributed by atoms with Crippen LogP contribution >= 0.6 is 0 Å². The fraction of sp³-hybridized carbons (Fsp3) is 0.400. The van der Waals surface area contributed by atoms with Crippen molar-refractivity contribution in [2.75, 3.05) is 0 Å². The van der Waals surface area contributed by atoms with Crippen LogP contribution in [0.15, 0.2) is 12.4 Å². The van der Waals surface area contributed by atoms with Gasteiger partial charge in [-0.3, -0.25) is 4.68 Å². The molecule has 0 radical (unpaired) electrons. The summed E-state index contributed by atoms with van der Waals surface area (Å²) in [5, 5.41) is 3.63. The maximum Gasteiger partial charge on any atom is 0.387 e. The van der Waals surface area contributed by atoms with Crippen molar-refractivity contribution in [3.63, 3.8) is 0 Å². The molecule has 56 valence electrons. The Bertz CT molecular complexity index is 211. The molecule has 1 rings (SSSR count). The van der Waals surface area contributed by atoms with Crippen LogP contribution < -0.4 is 4.74 Å². The predicted octanol–water partition coefficient (Wildman–Crippen LogP) is 1.02. The molecule has 0 saturated carbocycles. The molecule has 0 aliphatic rings. The lowest BCUT2D eigenvalue weighted by Gasteiger charge is -1.97. The maximum atomic E-state index is 11.5. The zero-order valence-electron chi connectivity index (χ0n) is 5.29. The van der Waals surface area contributed by atoms with E-state index in [0.29, 0.717) is 0 Å². The van der Waals surface area contributed by atoms with Gasteiger partial charge in [-0.2, -0.15) is 13.9 Å². The molecule has 10 heavy (non-hydrogen) atoms. The van der Waals surface area contributed by atoms with E-state index in [1.54, 1.807) is 7.05 Å². The van der Waals surface area contributed by atoms with Crippen molar-refractivity contribution in [2.45, 2.75) is 6.61 Å². The number of aromatic nitrogens is 2. The van der Waals surface area contributed by atoms with Gasteiger partial charge in [0.05, 0.1) is 12.4 Å². The Kier molecular flexibility index (Phi) is 1.84. The molecule has 1 heterocycles. The molecule has 0 unspecified atom stereocenters. The summed E-state index contributed by atoms with van der Waals surface area (Å²) in [7, 11) is 1.62. The normalized spacial score (nSPS) is 10.4. The van der Waals surface area contributed by atoms with E-state index in [1.165, 1.54) is 17.1 Å². The van der Waals surface area contributed by atoms with Crippen molar-refractivity contribution < 1.29 is 13.5 Å². The van der Waals surface area contributed by atoms with Crippen molar-refractivity contribution in [1.29, 1.82) is 0 Å². The second kappa shape index (κ2) is 2.64. The second-order valence-electron chi connectivity index (χ2n) is 1.73. The Hall–Kier alpha value is -1.13. The third-order valence-electron chi connectivity index (χ3n) is 0.906. The predicted molar refractivity (Wildman–Crippen MR) is 29.8 cm³/mol. The van der Waals surface area contributed by atoms with Crippen LogP contribution in [-0.2, 0) is 7.05 Å². The Morgan fingerprint density at radius 3 is 2.80 bits per heavy atom. The molecule has 0 N–H and O–H groups in total. The van der Waals surface area contributed by atoms with Gasteiger partial charge in [-0.15, -0.1) is 0 Å². The van der Waals surface area contributed by atoms with Gasteiger partial charge in [0.1, 0.15) is 0 Å². The summed E-state index contributed by atoms with van der Waals surface area (Å²) in [5.74, 6) is 0.0810. The van der Waals surface area contributed by atoms with Crippen LogP contribution in [-0.4, -0.2) is 16.4 Å². The third-order valence-corrected chi connectivity index (χ3v) is 0.906. The minimum absolute atomic E-state index is 0.0810. The Morgan fingerprint density at radius 2 is 2.40 bits per heavy atom. The number of nitrogens with zero attached hydrogens (tertiary/aromatic N) is 2. The molecule has 0 fully saturated rings. The van der Waals surface area contributed by atoms with E-state index >= 15 is 0 Å². The first-order chi connectivity index (χ1) is 4.68. The van der Waals surface area contributed by atoms with Gasteiger partial charge in [0.15, 0.2) is 5.75 Å². The first kappa shape index (κ1) is 6.98. The van der Waals surface area contributed by atoms with Crippen LogP contribution in [0.1, 0.15) is 0 Å². The highest BCUT2D eigenvalue weighted by molar-refractivity contribution is 5.10. The van der Waals surface area contributed by atoms with E-state index < -0.39 is 6.61 Å². The SMILES string of the molecule is Cn1cc(OC(F)F)cn1. The van der Waals surface area contributed by atoms with Gasteiger partial charge in [0.25, 0.3) is 0 Å². The topological polar surface area (TPSA) is 27.1 Å². The average Bonchev–Trinajstić information content (AvgIpc) is 2.13. The van der Waals surface area contributed by atoms with Gasteiger partial charge in [0, 0.05) is 7.05 Å². The highest BCUT2D eigenvalue weighted by Gasteiger charge is 2.04. The van der Waals surface area contributed by atoms with Crippen molar-refractivity contribution in [2.24, 2.45) is 7.05 Å². The van der Waals surface area contributed by atoms with Crippen LogP contribution in [0.4, 0.5) is 8.78 Å². The molecule has 0 aliphatic heterocycles. The first-order valence-electron chi connectivity index (χ1n) is 2.62. The summed E-state index contributed by atoms with van der Waals surface area (Å²) in [6, 6.07) is 0. The molecule has 0 aliphatic carbocycles. The largest absolute Gasteiger partial charge is 0.431 e. The number of hydrogen-bond donors (Lipinski definition) is 0. The van der Waals surface area contributed by atoms with Crippen molar-refractivity contribution in [3.8, 4) is 5.75 Å². The Balaban J connectivity index is 2.58. The maximum absolute atomic E-state index is 11.5. The fourth-order valence-electron chi connectivity index (χ4n) is 0.563. The summed E-state index contributed by atoms with van der Waals surface area (Å²) < 4.78 is 28.3. The van der Waals surface area contributed by atoms with Crippen molar-refractivity contribution >= 4 is 0 Å². The molecule has 1 aromatic rings. The van der Waals surface area contributed by atoms with E-state index in [1.807, 2.05) is 0 Å². The number of aryl methyl sites for hydroxylation is 1. The molecule has 0 aromatic carbocycles. The number of ether oxygens (including phenoxy) is 1. The van der Waals surface area contributed by atoms with Crippen molar-refractivity contribution in [1.82, 2.24) is 9.78 Å². The average molecular weight is 148 g/mol. The lowest BCUT2D eigenvalue weighted by atomic mass is 10.7. The van der Waals surface area contributed by atoms with E-state index in [-0.39, 0.29) is 5.75 Å². The molecular formula is C5H6F2N2O. The summed E-state index contributed by atoms with van der Waals surface area (Å²) in [4.78, 5) is 0. The number of hydrogen-bond acceptors (Lipinski definition) is 2. The Labute approximate surface area is 56.2 Å². The van der Waals surface area contributed by atoms with Gasteiger partial charge in [0.2, 0.25) is 0 Å². The van der Waals surface area contributed by atoms with Gasteiger partial charge < -0.3 is 4.74 Å². The monoisotopic (exact) mass is 148 g/mol. The van der Waals surface area contributed by atoms with E-state index in [9.17, 15) is 8.78 Å². The van der Waals surface area contributed by atoms with Gasteiger partial charge in [-0.25, -0.2) is 0 Å². The van der Waals surface area contributed by atoms with Crippen LogP contribution in [0, 0.1) is 0 Å². The second-order valence-corrected chi connectivity index (χ2v) is 1.73. The molecular weight excluding hydrogens is 142 g/mol. The highest BCUT2D eigenvalue weighted by atomic mass is 19.3. The molecule has 0 spiro atoms. The van der Waals surface area contributed by atoms with Crippen LogP contribution in [0.5, 0.6) is 5.75 Å². The van der Waals surface area contributed by atoms with E-state index in [4.69, 9.17) is 0 Å². The lowest BCUT2D eigenvalue weighted by molar-refractivity contribution is -0.0498. The fourth-order valence-corrected chi connectivity index (χ4v) is 0.563. The molecule has 0 atom stereocenters. The minimum atomic E-state index is -2.77. The van der Waals surface area contributed by atoms with Gasteiger partial charge >= 0.3 is 6.61 Å². The van der Waals surface area contributed by atoms with Crippen molar-refractivity contribution in [3.05, 3.63) is 12.4 Å². The zero-order valence-corrected chi connectivity index (χ0v) is 5.29. The Morgan fingerprint density at radius 1 is 1.70 bits per heavy atom. The molecule has 0 saturated heterocycles. The van der Waals surface area contributed by atoms with Gasteiger partial charge in [-0.05, 0) is 0 Å². The van der Waals surface area contributed by atoms with Crippen LogP contribution in [0.25, 0.3) is 0 Å². The van der Waals surface area contributed by atoms with E-state index in [2.05, 4.69) is 9.84 Å². The molecule has 1 aromatic heterocycles. The smallest absolute Gasteiger partial charge is 0.387 e. The summed E-state index contributed by atoms with van der Waals surface area (Å²) in [5.41, 5.74) is 0. The standard InChI is InChI=1S/C5H6F2N2O/c1-9-3-4(2-8-9)10-5(6)7/h2-3,5H,1H3. The molecule has 0 bridgehead atoms. The highest BCUT2D eigenvalue weighted by Crippen LogP contribution is 2.10. The number of rotatable bonds is 2. The molecule has 5 heteroatoms. The summed E-state index contributed by atoms with van der Waals surface area (Å²) >= 11 is 0. The van der Waals surface area contributed by atoms with E-state index in [0.717, 1.165) is 0 Å². The number of halogens is 2. The zero-order chi connectivity index (χ0) is 7.56. The summed E-state index contributed by atoms with van der Waals surface area (Å²) in [6.07, 6.45) is 2.60. The quantitative estimate of drug-likeness (QED) is 0.626. The molecule has 3 nitrogen and oxygen atoms in total. The minimum Gasteiger partial charge on any atom is -0.431 e.